The number of hydrogen-bond donors (Lipinski definition) is 3. The third-order valence-electron chi connectivity index (χ3n) is 4.33. The number of nitrogens with one attached hydrogen (secondary N) is 3. The Balaban J connectivity index is 1.88. The van der Waals surface area contributed by atoms with E-state index in [1.807, 2.05) is 0 Å². The van der Waals surface area contributed by atoms with Gasteiger partial charge >= 0.3 is 0 Å². The van der Waals surface area contributed by atoms with Gasteiger partial charge in [-0.15, -0.1) is 0 Å². The molecule has 3 N–H and O–H groups in total. The van der Waals surface area contributed by atoms with Crippen LogP contribution in [0.25, 0.3) is 0 Å². The molecule has 0 bridgehead atoms. The van der Waals surface area contributed by atoms with Gasteiger partial charge in [-0.25, -0.2) is 4.39 Å². The fraction of sp³-hybridized carbons (Fsp3) is 0.353. The van der Waals surface area contributed by atoms with E-state index < -0.39 is 11.4 Å². The topological polar surface area (TPSA) is 88.1 Å². The van der Waals surface area contributed by atoms with Crippen molar-refractivity contribution in [2.24, 2.45) is 0 Å². The quantitative estimate of drug-likeness (QED) is 0.787. The van der Waals surface area contributed by atoms with E-state index in [9.17, 15) is 14.0 Å². The molecule has 1 aliphatic heterocycles. The van der Waals surface area contributed by atoms with Crippen molar-refractivity contribution in [3.63, 3.8) is 0 Å². The van der Waals surface area contributed by atoms with Crippen LogP contribution in [0.15, 0.2) is 36.7 Å². The second-order valence-electron chi connectivity index (χ2n) is 6.06. The number of nitrogens with zero attached hydrogens (tertiary/aromatic N) is 2. The molecular weight excluding hydrogens is 325 g/mol. The lowest BCUT2D eigenvalue weighted by Gasteiger charge is -2.36. The molecule has 7 nitrogen and oxygen atoms in total. The predicted octanol–water partition coefficient (Wildman–Crippen LogP) is 1.70. The zero-order valence-electron chi connectivity index (χ0n) is 13.9. The molecule has 8 heteroatoms. The van der Waals surface area contributed by atoms with Gasteiger partial charge in [0.25, 0.3) is 5.91 Å². The molecule has 0 saturated carbocycles. The number of carbonyl (C=O) groups is 2. The molecule has 0 radical (unpaired) electrons. The third kappa shape index (κ3) is 3.53. The van der Waals surface area contributed by atoms with E-state index in [4.69, 9.17) is 0 Å². The molecule has 1 fully saturated rings. The average Bonchev–Trinajstić information content (AvgIpc) is 3.13. The summed E-state index contributed by atoms with van der Waals surface area (Å²) in [4.78, 5) is 24.2. The maximum Gasteiger partial charge on any atom is 0.252 e. The van der Waals surface area contributed by atoms with Gasteiger partial charge in [-0.3, -0.25) is 14.3 Å². The first-order valence-corrected chi connectivity index (χ1v) is 8.11. The first kappa shape index (κ1) is 17.1. The molecule has 3 rings (SSSR count). The molecule has 1 aromatic carbocycles. The van der Waals surface area contributed by atoms with Crippen LogP contribution in [-0.4, -0.2) is 34.7 Å². The number of carbonyl (C=O) groups excluding carboxylic acids is 2. The van der Waals surface area contributed by atoms with Crippen LogP contribution < -0.4 is 16.0 Å². The molecule has 0 spiro atoms. The minimum Gasteiger partial charge on any atom is -0.326 e. The van der Waals surface area contributed by atoms with Crippen molar-refractivity contribution in [1.29, 1.82) is 0 Å². The average molecular weight is 345 g/mol. The highest BCUT2D eigenvalue weighted by Gasteiger charge is 2.42. The number of benzene rings is 1. The lowest BCUT2D eigenvalue weighted by Crippen LogP contribution is -2.52. The molecular formula is C17H20FN5O2. The smallest absolute Gasteiger partial charge is 0.252 e. The van der Waals surface area contributed by atoms with Gasteiger partial charge in [-0.05, 0) is 50.2 Å². The van der Waals surface area contributed by atoms with Crippen LogP contribution in [0, 0.1) is 5.82 Å². The summed E-state index contributed by atoms with van der Waals surface area (Å²) in [7, 11) is 0. The number of amides is 2. The standard InChI is InChI=1S/C17H20FN5O2/c1-12(24)21-13-3-4-14(18)15(11-13)22-16(25)17(5-8-19-9-6-17)23-10-2-7-20-23/h2-4,7,10-11,19H,5-6,8-9H2,1H3,(H,21,24)(H,22,25). The van der Waals surface area contributed by atoms with Crippen LogP contribution in [-0.2, 0) is 15.1 Å². The van der Waals surface area contributed by atoms with E-state index in [1.54, 1.807) is 23.1 Å². The first-order valence-electron chi connectivity index (χ1n) is 8.11. The highest BCUT2D eigenvalue weighted by atomic mass is 19.1. The van der Waals surface area contributed by atoms with E-state index in [-0.39, 0.29) is 17.5 Å². The largest absolute Gasteiger partial charge is 0.326 e. The van der Waals surface area contributed by atoms with Gasteiger partial charge in [0.05, 0.1) is 5.69 Å². The van der Waals surface area contributed by atoms with E-state index in [0.717, 1.165) is 0 Å². The van der Waals surface area contributed by atoms with Crippen molar-refractivity contribution in [2.75, 3.05) is 23.7 Å². The summed E-state index contributed by atoms with van der Waals surface area (Å²) in [5.41, 5.74) is -0.422. The first-order chi connectivity index (χ1) is 12.0. The van der Waals surface area contributed by atoms with Crippen molar-refractivity contribution in [1.82, 2.24) is 15.1 Å². The Labute approximate surface area is 144 Å². The maximum absolute atomic E-state index is 14.1. The highest BCUT2D eigenvalue weighted by Crippen LogP contribution is 2.30. The second-order valence-corrected chi connectivity index (χ2v) is 6.06. The summed E-state index contributed by atoms with van der Waals surface area (Å²) in [5.74, 6) is -1.15. The maximum atomic E-state index is 14.1. The number of anilines is 2. The molecule has 1 aliphatic rings. The Morgan fingerprint density at radius 2 is 2.04 bits per heavy atom. The van der Waals surface area contributed by atoms with Crippen LogP contribution in [0.4, 0.5) is 15.8 Å². The molecule has 0 unspecified atom stereocenters. The Morgan fingerprint density at radius 3 is 2.68 bits per heavy atom. The second kappa shape index (κ2) is 7.02. The summed E-state index contributed by atoms with van der Waals surface area (Å²) >= 11 is 0. The fourth-order valence-corrected chi connectivity index (χ4v) is 3.06. The lowest BCUT2D eigenvalue weighted by atomic mass is 9.87. The normalized spacial score (nSPS) is 16.2. The summed E-state index contributed by atoms with van der Waals surface area (Å²) in [5, 5.41) is 12.7. The summed E-state index contributed by atoms with van der Waals surface area (Å²) in [6, 6.07) is 5.83. The van der Waals surface area contributed by atoms with Crippen molar-refractivity contribution in [2.45, 2.75) is 25.3 Å². The number of piperidine rings is 1. The zero-order valence-corrected chi connectivity index (χ0v) is 13.9. The minimum absolute atomic E-state index is 0.0290. The monoisotopic (exact) mass is 345 g/mol. The van der Waals surface area contributed by atoms with E-state index >= 15 is 0 Å². The van der Waals surface area contributed by atoms with Gasteiger partial charge in [0.15, 0.2) is 0 Å². The predicted molar refractivity (Wildman–Crippen MR) is 91.6 cm³/mol. The van der Waals surface area contributed by atoms with Gasteiger partial charge in [0.1, 0.15) is 11.4 Å². The van der Waals surface area contributed by atoms with E-state index in [1.165, 1.54) is 25.1 Å². The van der Waals surface area contributed by atoms with Crippen LogP contribution >= 0.6 is 0 Å². The van der Waals surface area contributed by atoms with Gasteiger partial charge < -0.3 is 16.0 Å². The van der Waals surface area contributed by atoms with Crippen molar-refractivity contribution >= 4 is 23.2 Å². The minimum atomic E-state index is -0.870. The third-order valence-corrected chi connectivity index (χ3v) is 4.33. The van der Waals surface area contributed by atoms with Crippen LogP contribution in [0.2, 0.25) is 0 Å². The number of aromatic nitrogens is 2. The SMILES string of the molecule is CC(=O)Nc1ccc(F)c(NC(=O)C2(n3cccn3)CCNCC2)c1. The van der Waals surface area contributed by atoms with Crippen LogP contribution in [0.1, 0.15) is 19.8 Å². The Bertz CT molecular complexity index is 769. The molecule has 2 amide bonds. The fourth-order valence-electron chi connectivity index (χ4n) is 3.06. The molecule has 0 atom stereocenters. The summed E-state index contributed by atoms with van der Waals surface area (Å²) < 4.78 is 15.8. The van der Waals surface area contributed by atoms with E-state index in [2.05, 4.69) is 21.0 Å². The molecule has 2 aromatic rings. The number of halogens is 1. The van der Waals surface area contributed by atoms with Gasteiger partial charge in [0.2, 0.25) is 5.91 Å². The summed E-state index contributed by atoms with van der Waals surface area (Å²) in [6.07, 6.45) is 4.46. The molecule has 1 aromatic heterocycles. The van der Waals surface area contributed by atoms with Crippen molar-refractivity contribution in [3.05, 3.63) is 42.5 Å². The highest BCUT2D eigenvalue weighted by molar-refractivity contribution is 5.98. The van der Waals surface area contributed by atoms with E-state index in [0.29, 0.717) is 31.6 Å². The number of hydrogen-bond acceptors (Lipinski definition) is 4. The van der Waals surface area contributed by atoms with Crippen LogP contribution in [0.3, 0.4) is 0 Å². The molecule has 0 aliphatic carbocycles. The van der Waals surface area contributed by atoms with Gasteiger partial charge in [-0.2, -0.15) is 5.10 Å². The number of rotatable bonds is 4. The molecule has 2 heterocycles. The zero-order chi connectivity index (χ0) is 17.9. The van der Waals surface area contributed by atoms with Crippen LogP contribution in [0.5, 0.6) is 0 Å². The molecule has 132 valence electrons. The molecule has 25 heavy (non-hydrogen) atoms. The Hall–Kier alpha value is -2.74. The van der Waals surface area contributed by atoms with Crippen molar-refractivity contribution in [3.8, 4) is 0 Å². The van der Waals surface area contributed by atoms with Gasteiger partial charge in [-0.1, -0.05) is 0 Å². The van der Waals surface area contributed by atoms with Crippen molar-refractivity contribution < 1.29 is 14.0 Å². The van der Waals surface area contributed by atoms with Gasteiger partial charge in [0, 0.05) is 25.0 Å². The summed E-state index contributed by atoms with van der Waals surface area (Å²) in [6.45, 7) is 2.70. The Kier molecular flexibility index (Phi) is 4.80. The Morgan fingerprint density at radius 1 is 1.28 bits per heavy atom. The molecule has 1 saturated heterocycles. The lowest BCUT2D eigenvalue weighted by molar-refractivity contribution is -0.126.